The van der Waals surface area contributed by atoms with Crippen LogP contribution in [0.15, 0.2) is 6.20 Å². The maximum absolute atomic E-state index is 11.7. The lowest BCUT2D eigenvalue weighted by Gasteiger charge is -2.15. The number of carbonyl (C=O) groups excluding carboxylic acids is 1. The number of hydrogen-bond acceptors (Lipinski definition) is 3. The first-order valence-corrected chi connectivity index (χ1v) is 5.74. The standard InChI is InChI=1S/C11H18N4O.ClH/c1-9-10(7-13-14-9)6-12-8-11(16)15-4-2-3-5-15;/h7,12H,2-6,8H2,1H3,(H,13,14);1H. The van der Waals surface area contributed by atoms with Gasteiger partial charge < -0.3 is 10.2 Å². The van der Waals surface area contributed by atoms with E-state index in [4.69, 9.17) is 0 Å². The van der Waals surface area contributed by atoms with E-state index in [1.54, 1.807) is 6.20 Å². The fraction of sp³-hybridized carbons (Fsp3) is 0.636. The fourth-order valence-corrected chi connectivity index (χ4v) is 1.94. The molecule has 6 heteroatoms. The van der Waals surface area contributed by atoms with Crippen LogP contribution in [0.25, 0.3) is 0 Å². The Balaban J connectivity index is 0.00000144. The number of nitrogens with zero attached hydrogens (tertiary/aromatic N) is 2. The number of halogens is 1. The summed E-state index contributed by atoms with van der Waals surface area (Å²) in [6, 6.07) is 0. The van der Waals surface area contributed by atoms with Crippen molar-refractivity contribution in [2.75, 3.05) is 19.6 Å². The zero-order valence-electron chi connectivity index (χ0n) is 10.0. The quantitative estimate of drug-likeness (QED) is 0.842. The molecule has 0 spiro atoms. The van der Waals surface area contributed by atoms with Crippen molar-refractivity contribution in [1.29, 1.82) is 0 Å². The van der Waals surface area contributed by atoms with E-state index < -0.39 is 0 Å². The van der Waals surface area contributed by atoms with Gasteiger partial charge in [-0.1, -0.05) is 0 Å². The molecule has 2 rings (SSSR count). The van der Waals surface area contributed by atoms with Crippen LogP contribution in [-0.2, 0) is 11.3 Å². The Labute approximate surface area is 107 Å². The minimum Gasteiger partial charge on any atom is -0.342 e. The Bertz CT molecular complexity index is 360. The molecule has 1 aromatic heterocycles. The molecule has 2 N–H and O–H groups in total. The molecule has 1 saturated heterocycles. The van der Waals surface area contributed by atoms with Crippen LogP contribution < -0.4 is 5.32 Å². The molecule has 0 saturated carbocycles. The number of hydrogen-bond donors (Lipinski definition) is 2. The van der Waals surface area contributed by atoms with Crippen molar-refractivity contribution in [2.45, 2.75) is 26.3 Å². The monoisotopic (exact) mass is 258 g/mol. The highest BCUT2D eigenvalue weighted by atomic mass is 35.5. The van der Waals surface area contributed by atoms with Gasteiger partial charge in [0.2, 0.25) is 5.91 Å². The molecule has 0 unspecified atom stereocenters. The van der Waals surface area contributed by atoms with Gasteiger partial charge in [0.25, 0.3) is 0 Å². The lowest BCUT2D eigenvalue weighted by Crippen LogP contribution is -2.36. The zero-order valence-corrected chi connectivity index (χ0v) is 10.8. The number of amides is 1. The molecular weight excluding hydrogens is 240 g/mol. The summed E-state index contributed by atoms with van der Waals surface area (Å²) in [5, 5.41) is 9.97. The van der Waals surface area contributed by atoms with E-state index >= 15 is 0 Å². The molecule has 1 aliphatic heterocycles. The minimum atomic E-state index is 0. The molecule has 1 aliphatic rings. The summed E-state index contributed by atoms with van der Waals surface area (Å²) in [4.78, 5) is 13.6. The number of likely N-dealkylation sites (tertiary alicyclic amines) is 1. The van der Waals surface area contributed by atoms with E-state index in [1.165, 1.54) is 0 Å². The van der Waals surface area contributed by atoms with Crippen molar-refractivity contribution < 1.29 is 4.79 Å². The lowest BCUT2D eigenvalue weighted by molar-refractivity contribution is -0.129. The molecule has 1 aromatic rings. The largest absolute Gasteiger partial charge is 0.342 e. The number of nitrogens with one attached hydrogen (secondary N) is 2. The van der Waals surface area contributed by atoms with Crippen LogP contribution in [0.1, 0.15) is 24.1 Å². The highest BCUT2D eigenvalue weighted by Gasteiger charge is 2.16. The third-order valence-corrected chi connectivity index (χ3v) is 2.98. The van der Waals surface area contributed by atoms with Crippen LogP contribution in [0.2, 0.25) is 0 Å². The predicted octanol–water partition coefficient (Wildman–Crippen LogP) is 0.852. The van der Waals surface area contributed by atoms with Gasteiger partial charge in [-0.2, -0.15) is 5.10 Å². The van der Waals surface area contributed by atoms with Gasteiger partial charge >= 0.3 is 0 Å². The van der Waals surface area contributed by atoms with Crippen molar-refractivity contribution in [2.24, 2.45) is 0 Å². The molecule has 1 fully saturated rings. The molecule has 0 aliphatic carbocycles. The van der Waals surface area contributed by atoms with Gasteiger partial charge in [-0.3, -0.25) is 9.89 Å². The second-order valence-electron chi connectivity index (χ2n) is 4.21. The Morgan fingerprint density at radius 3 is 2.82 bits per heavy atom. The van der Waals surface area contributed by atoms with Crippen molar-refractivity contribution in [1.82, 2.24) is 20.4 Å². The Kier molecular flexibility index (Phi) is 5.44. The topological polar surface area (TPSA) is 61.0 Å². The van der Waals surface area contributed by atoms with E-state index in [-0.39, 0.29) is 18.3 Å². The van der Waals surface area contributed by atoms with Crippen molar-refractivity contribution in [3.8, 4) is 0 Å². The number of aromatic nitrogens is 2. The smallest absolute Gasteiger partial charge is 0.236 e. The van der Waals surface area contributed by atoms with Gasteiger partial charge in [0.1, 0.15) is 0 Å². The lowest BCUT2D eigenvalue weighted by atomic mass is 10.2. The number of rotatable bonds is 4. The maximum atomic E-state index is 11.7. The summed E-state index contributed by atoms with van der Waals surface area (Å²) in [6.07, 6.45) is 4.09. The van der Waals surface area contributed by atoms with E-state index in [1.807, 2.05) is 11.8 Å². The van der Waals surface area contributed by atoms with Crippen molar-refractivity contribution in [3.63, 3.8) is 0 Å². The molecular formula is C11H19ClN4O. The van der Waals surface area contributed by atoms with Gasteiger partial charge in [-0.05, 0) is 19.8 Å². The number of aromatic amines is 1. The third kappa shape index (κ3) is 3.71. The van der Waals surface area contributed by atoms with Crippen LogP contribution in [-0.4, -0.2) is 40.6 Å². The molecule has 17 heavy (non-hydrogen) atoms. The number of aryl methyl sites for hydroxylation is 1. The molecule has 0 aromatic carbocycles. The van der Waals surface area contributed by atoms with Gasteiger partial charge in [0.15, 0.2) is 0 Å². The molecule has 1 amide bonds. The summed E-state index contributed by atoms with van der Waals surface area (Å²) in [7, 11) is 0. The van der Waals surface area contributed by atoms with E-state index in [0.717, 1.165) is 37.2 Å². The van der Waals surface area contributed by atoms with Crippen LogP contribution in [0.5, 0.6) is 0 Å². The third-order valence-electron chi connectivity index (χ3n) is 2.98. The highest BCUT2D eigenvalue weighted by Crippen LogP contribution is 2.07. The molecule has 2 heterocycles. The molecule has 5 nitrogen and oxygen atoms in total. The first-order chi connectivity index (χ1) is 7.77. The Morgan fingerprint density at radius 1 is 1.53 bits per heavy atom. The normalized spacial score (nSPS) is 14.8. The highest BCUT2D eigenvalue weighted by molar-refractivity contribution is 5.85. The average Bonchev–Trinajstić information content (AvgIpc) is 2.90. The van der Waals surface area contributed by atoms with Crippen molar-refractivity contribution >= 4 is 18.3 Å². The summed E-state index contributed by atoms with van der Waals surface area (Å²) in [5.74, 6) is 0.207. The van der Waals surface area contributed by atoms with Crippen LogP contribution in [0, 0.1) is 6.92 Å². The van der Waals surface area contributed by atoms with Gasteiger partial charge in [-0.15, -0.1) is 12.4 Å². The summed E-state index contributed by atoms with van der Waals surface area (Å²) >= 11 is 0. The summed E-state index contributed by atoms with van der Waals surface area (Å²) < 4.78 is 0. The van der Waals surface area contributed by atoms with Crippen LogP contribution in [0.3, 0.4) is 0 Å². The molecule has 96 valence electrons. The minimum absolute atomic E-state index is 0. The second-order valence-corrected chi connectivity index (χ2v) is 4.21. The molecule has 0 bridgehead atoms. The predicted molar refractivity (Wildman–Crippen MR) is 68.1 cm³/mol. The Morgan fingerprint density at radius 2 is 2.24 bits per heavy atom. The van der Waals surface area contributed by atoms with E-state index in [9.17, 15) is 4.79 Å². The number of carbonyl (C=O) groups is 1. The van der Waals surface area contributed by atoms with Gasteiger partial charge in [0.05, 0.1) is 12.7 Å². The molecule has 0 radical (unpaired) electrons. The summed E-state index contributed by atoms with van der Waals surface area (Å²) in [5.41, 5.74) is 2.18. The Hall–Kier alpha value is -1.07. The second kappa shape index (κ2) is 6.61. The average molecular weight is 259 g/mol. The number of H-pyrrole nitrogens is 1. The first kappa shape index (κ1) is 14.0. The maximum Gasteiger partial charge on any atom is 0.236 e. The fourth-order valence-electron chi connectivity index (χ4n) is 1.94. The van der Waals surface area contributed by atoms with Gasteiger partial charge in [0, 0.05) is 30.9 Å². The zero-order chi connectivity index (χ0) is 11.4. The summed E-state index contributed by atoms with van der Waals surface area (Å²) in [6.45, 7) is 4.94. The SMILES string of the molecule is Cc1[nH]ncc1CNCC(=O)N1CCCC1.Cl. The molecule has 0 atom stereocenters. The van der Waals surface area contributed by atoms with E-state index in [2.05, 4.69) is 15.5 Å². The van der Waals surface area contributed by atoms with Gasteiger partial charge in [-0.25, -0.2) is 0 Å². The van der Waals surface area contributed by atoms with Crippen LogP contribution >= 0.6 is 12.4 Å². The van der Waals surface area contributed by atoms with E-state index in [0.29, 0.717) is 13.1 Å². The van der Waals surface area contributed by atoms with Crippen molar-refractivity contribution in [3.05, 3.63) is 17.5 Å². The first-order valence-electron chi connectivity index (χ1n) is 5.74. The van der Waals surface area contributed by atoms with Crippen LogP contribution in [0.4, 0.5) is 0 Å².